The first kappa shape index (κ1) is 15.5. The van der Waals surface area contributed by atoms with Gasteiger partial charge in [0.05, 0.1) is 6.61 Å². The van der Waals surface area contributed by atoms with Crippen molar-refractivity contribution in [1.82, 2.24) is 4.31 Å². The summed E-state index contributed by atoms with van der Waals surface area (Å²) < 4.78 is 32.8. The molecule has 0 radical (unpaired) electrons. The Kier molecular flexibility index (Phi) is 4.27. The third-order valence-electron chi connectivity index (χ3n) is 4.07. The van der Waals surface area contributed by atoms with Crippen molar-refractivity contribution in [1.29, 1.82) is 0 Å². The summed E-state index contributed by atoms with van der Waals surface area (Å²) in [6.45, 7) is 7.62. The molecule has 1 aromatic heterocycles. The second-order valence-corrected chi connectivity index (χ2v) is 7.58. The summed E-state index contributed by atoms with van der Waals surface area (Å²) >= 11 is 0. The van der Waals surface area contributed by atoms with Crippen molar-refractivity contribution in [2.75, 3.05) is 6.54 Å². The summed E-state index contributed by atoms with van der Waals surface area (Å²) in [5.74, 6) is 1.11. The van der Waals surface area contributed by atoms with E-state index in [2.05, 4.69) is 0 Å². The minimum atomic E-state index is -3.61. The van der Waals surface area contributed by atoms with Gasteiger partial charge in [0.2, 0.25) is 10.0 Å². The predicted octanol–water partition coefficient (Wildman–Crippen LogP) is 2.20. The van der Waals surface area contributed by atoms with Gasteiger partial charge in [0.15, 0.2) is 0 Å². The van der Waals surface area contributed by atoms with E-state index >= 15 is 0 Å². The van der Waals surface area contributed by atoms with Crippen LogP contribution in [0.15, 0.2) is 9.31 Å². The zero-order valence-corrected chi connectivity index (χ0v) is 13.3. The molecule has 1 N–H and O–H groups in total. The summed E-state index contributed by atoms with van der Waals surface area (Å²) in [7, 11) is -3.61. The number of nitrogens with zero attached hydrogens (tertiary/aromatic N) is 1. The van der Waals surface area contributed by atoms with E-state index in [4.69, 9.17) is 4.42 Å². The van der Waals surface area contributed by atoms with Crippen molar-refractivity contribution in [2.45, 2.75) is 58.1 Å². The van der Waals surface area contributed by atoms with Gasteiger partial charge < -0.3 is 9.52 Å². The van der Waals surface area contributed by atoms with E-state index < -0.39 is 10.0 Å². The van der Waals surface area contributed by atoms with Crippen molar-refractivity contribution in [3.8, 4) is 0 Å². The van der Waals surface area contributed by atoms with E-state index in [0.29, 0.717) is 23.6 Å². The van der Waals surface area contributed by atoms with Gasteiger partial charge in [-0.1, -0.05) is 13.8 Å². The zero-order chi connectivity index (χ0) is 15.1. The maximum atomic E-state index is 12.9. The fourth-order valence-electron chi connectivity index (χ4n) is 3.08. The van der Waals surface area contributed by atoms with Gasteiger partial charge in [-0.15, -0.1) is 0 Å². The van der Waals surface area contributed by atoms with Crippen LogP contribution in [-0.2, 0) is 16.6 Å². The first-order valence-electron chi connectivity index (χ1n) is 7.02. The van der Waals surface area contributed by atoms with Crippen molar-refractivity contribution in [2.24, 2.45) is 5.92 Å². The van der Waals surface area contributed by atoms with Crippen LogP contribution in [0.5, 0.6) is 0 Å². The third kappa shape index (κ3) is 2.40. The molecule has 1 fully saturated rings. The maximum absolute atomic E-state index is 12.9. The summed E-state index contributed by atoms with van der Waals surface area (Å²) in [5, 5.41) is 9.45. The molecule has 0 bridgehead atoms. The number of hydrogen-bond acceptors (Lipinski definition) is 4. The summed E-state index contributed by atoms with van der Waals surface area (Å²) in [5.41, 5.74) is 0.386. The largest absolute Gasteiger partial charge is 0.465 e. The molecule has 114 valence electrons. The topological polar surface area (TPSA) is 70.8 Å². The minimum Gasteiger partial charge on any atom is -0.465 e. The molecule has 6 heteroatoms. The van der Waals surface area contributed by atoms with Crippen molar-refractivity contribution in [3.63, 3.8) is 0 Å². The van der Waals surface area contributed by atoms with Gasteiger partial charge in [-0.25, -0.2) is 8.42 Å². The smallest absolute Gasteiger partial charge is 0.247 e. The van der Waals surface area contributed by atoms with Crippen LogP contribution < -0.4 is 0 Å². The van der Waals surface area contributed by atoms with E-state index in [9.17, 15) is 13.5 Å². The lowest BCUT2D eigenvalue weighted by atomic mass is 10.0. The van der Waals surface area contributed by atoms with Crippen LogP contribution in [0.25, 0.3) is 0 Å². The molecule has 1 unspecified atom stereocenters. The molecule has 1 saturated heterocycles. The number of furan rings is 1. The molecule has 1 aromatic rings. The molecule has 0 spiro atoms. The Morgan fingerprint density at radius 3 is 2.55 bits per heavy atom. The molecule has 1 atom stereocenters. The molecule has 2 heterocycles. The SMILES string of the molecule is Cc1oc(C)c(S(=O)(=O)N2CCCC2C(C)C)c1CO. The molecule has 0 amide bonds. The van der Waals surface area contributed by atoms with E-state index in [1.54, 1.807) is 18.2 Å². The zero-order valence-electron chi connectivity index (χ0n) is 12.5. The highest BCUT2D eigenvalue weighted by molar-refractivity contribution is 7.89. The van der Waals surface area contributed by atoms with Crippen LogP contribution in [0.2, 0.25) is 0 Å². The van der Waals surface area contributed by atoms with E-state index in [0.717, 1.165) is 12.8 Å². The predicted molar refractivity (Wildman–Crippen MR) is 75.9 cm³/mol. The summed E-state index contributed by atoms with van der Waals surface area (Å²) in [6, 6.07) is 0.0288. The van der Waals surface area contributed by atoms with Crippen LogP contribution >= 0.6 is 0 Å². The first-order chi connectivity index (χ1) is 9.30. The Bertz CT molecular complexity index is 589. The van der Waals surface area contributed by atoms with Gasteiger partial charge in [0, 0.05) is 18.2 Å². The number of aliphatic hydroxyl groups excluding tert-OH is 1. The van der Waals surface area contributed by atoms with E-state index in [1.165, 1.54) is 0 Å². The fraction of sp³-hybridized carbons (Fsp3) is 0.714. The summed E-state index contributed by atoms with van der Waals surface area (Å²) in [6.07, 6.45) is 1.77. The molecular weight excluding hydrogens is 278 g/mol. The van der Waals surface area contributed by atoms with Gasteiger partial charge >= 0.3 is 0 Å². The standard InChI is InChI=1S/C14H23NO4S/c1-9(2)13-6-5-7-15(13)20(17,18)14-11(4)19-10(3)12(14)8-16/h9,13,16H,5-8H2,1-4H3. The Hall–Kier alpha value is -0.850. The lowest BCUT2D eigenvalue weighted by Crippen LogP contribution is -2.38. The van der Waals surface area contributed by atoms with Crippen molar-refractivity contribution >= 4 is 10.0 Å². The van der Waals surface area contributed by atoms with E-state index in [1.807, 2.05) is 13.8 Å². The minimum absolute atomic E-state index is 0.0288. The molecule has 0 aliphatic carbocycles. The number of aliphatic hydroxyl groups is 1. The highest BCUT2D eigenvalue weighted by atomic mass is 32.2. The monoisotopic (exact) mass is 301 g/mol. The molecule has 1 aliphatic heterocycles. The summed E-state index contributed by atoms with van der Waals surface area (Å²) in [4.78, 5) is 0.157. The Morgan fingerprint density at radius 1 is 1.35 bits per heavy atom. The van der Waals surface area contributed by atoms with Crippen LogP contribution in [0, 0.1) is 19.8 Å². The molecule has 0 aromatic carbocycles. The average molecular weight is 301 g/mol. The van der Waals surface area contributed by atoms with Gasteiger partial charge in [-0.3, -0.25) is 0 Å². The number of aryl methyl sites for hydroxylation is 2. The van der Waals surface area contributed by atoms with Crippen LogP contribution in [0.4, 0.5) is 0 Å². The third-order valence-corrected chi connectivity index (χ3v) is 6.19. The van der Waals surface area contributed by atoms with Crippen LogP contribution in [-0.4, -0.2) is 30.4 Å². The number of hydrogen-bond donors (Lipinski definition) is 1. The normalized spacial score (nSPS) is 21.0. The fourth-order valence-corrected chi connectivity index (χ4v) is 5.31. The highest BCUT2D eigenvalue weighted by Crippen LogP contribution is 2.35. The second-order valence-electron chi connectivity index (χ2n) is 5.75. The lowest BCUT2D eigenvalue weighted by molar-refractivity contribution is 0.275. The molecule has 20 heavy (non-hydrogen) atoms. The van der Waals surface area contributed by atoms with Crippen LogP contribution in [0.3, 0.4) is 0 Å². The van der Waals surface area contributed by atoms with Gasteiger partial charge in [-0.05, 0) is 32.6 Å². The van der Waals surface area contributed by atoms with Gasteiger partial charge in [-0.2, -0.15) is 4.31 Å². The Balaban J connectivity index is 2.51. The Morgan fingerprint density at radius 2 is 2.00 bits per heavy atom. The van der Waals surface area contributed by atoms with E-state index in [-0.39, 0.29) is 23.5 Å². The second kappa shape index (κ2) is 5.50. The number of rotatable bonds is 4. The average Bonchev–Trinajstić information content (AvgIpc) is 2.93. The van der Waals surface area contributed by atoms with Crippen molar-refractivity contribution < 1.29 is 17.9 Å². The van der Waals surface area contributed by atoms with Crippen LogP contribution in [0.1, 0.15) is 43.8 Å². The molecular formula is C14H23NO4S. The Labute approximate surface area is 120 Å². The van der Waals surface area contributed by atoms with Gasteiger partial charge in [0.25, 0.3) is 0 Å². The quantitative estimate of drug-likeness (QED) is 0.925. The number of sulfonamides is 1. The molecule has 5 nitrogen and oxygen atoms in total. The lowest BCUT2D eigenvalue weighted by Gasteiger charge is -2.27. The molecule has 1 aliphatic rings. The molecule has 2 rings (SSSR count). The van der Waals surface area contributed by atoms with Crippen molar-refractivity contribution in [3.05, 3.63) is 17.1 Å². The highest BCUT2D eigenvalue weighted by Gasteiger charge is 2.40. The molecule has 0 saturated carbocycles. The first-order valence-corrected chi connectivity index (χ1v) is 8.46. The van der Waals surface area contributed by atoms with Gasteiger partial charge in [0.1, 0.15) is 16.4 Å². The maximum Gasteiger partial charge on any atom is 0.247 e.